The van der Waals surface area contributed by atoms with Gasteiger partial charge >= 0.3 is 64.3 Å². The molecule has 0 aliphatic rings. The summed E-state index contributed by atoms with van der Waals surface area (Å²) in [6, 6.07) is 2.24. The van der Waals surface area contributed by atoms with Gasteiger partial charge in [-0.05, 0) is 19.2 Å². The first-order valence-corrected chi connectivity index (χ1v) is 5.26. The maximum Gasteiger partial charge on any atom is 1.00 e. The van der Waals surface area contributed by atoms with Crippen LogP contribution in [0.15, 0.2) is 24.7 Å². The Morgan fingerprint density at radius 1 is 1.42 bits per heavy atom. The first-order valence-electron chi connectivity index (χ1n) is 5.26. The first-order chi connectivity index (χ1) is 8.41. The topological polar surface area (TPSA) is 43.6 Å². The van der Waals surface area contributed by atoms with Crippen molar-refractivity contribution < 1.29 is 73.9 Å². The van der Waals surface area contributed by atoms with Crippen LogP contribution >= 0.6 is 0 Å². The van der Waals surface area contributed by atoms with Crippen molar-refractivity contribution in [1.29, 1.82) is 0 Å². The molecule has 2 heterocycles. The van der Waals surface area contributed by atoms with E-state index in [1.807, 2.05) is 0 Å². The van der Waals surface area contributed by atoms with Crippen molar-refractivity contribution in [2.45, 2.75) is 6.92 Å². The molecule has 2 aromatic rings. The van der Waals surface area contributed by atoms with Gasteiger partial charge in [0.15, 0.2) is 5.69 Å². The maximum atomic E-state index is 12.5. The largest absolute Gasteiger partial charge is 1.00 e. The van der Waals surface area contributed by atoms with Gasteiger partial charge < -0.3 is 22.1 Å². The predicted octanol–water partition coefficient (Wildman–Crippen LogP) is -1.43. The summed E-state index contributed by atoms with van der Waals surface area (Å²) >= 11 is 0. The Bertz CT molecular complexity index is 600. The van der Waals surface area contributed by atoms with Crippen LogP contribution in [0.1, 0.15) is 17.4 Å². The molecule has 0 N–H and O–H groups in total. The normalized spacial score (nSPS) is 11.2. The van der Waals surface area contributed by atoms with Crippen molar-refractivity contribution in [2.75, 3.05) is 6.61 Å². The van der Waals surface area contributed by atoms with Gasteiger partial charge in [-0.3, -0.25) is 0 Å². The average molecular weight is 296 g/mol. The molecule has 0 saturated heterocycles. The van der Waals surface area contributed by atoms with Crippen LogP contribution in [-0.4, -0.2) is 28.9 Å². The monoisotopic (exact) mass is 296 g/mol. The zero-order valence-electron chi connectivity index (χ0n) is 10.4. The predicted molar refractivity (Wildman–Crippen MR) is 59.9 cm³/mol. The minimum Gasteiger partial charge on any atom is -0.461 e. The van der Waals surface area contributed by atoms with Gasteiger partial charge in [-0.2, -0.15) is 0 Å². The van der Waals surface area contributed by atoms with E-state index in [2.05, 4.69) is 4.98 Å². The number of rotatable bonds is 3. The Labute approximate surface area is 149 Å². The number of hydrogen-bond acceptors (Lipinski definition) is 3. The molecule has 0 radical (unpaired) electrons. The van der Waals surface area contributed by atoms with Gasteiger partial charge in [-0.25, -0.2) is 9.78 Å². The number of carbonyl (C=O) groups excluding carboxylic acids is 1. The molecule has 0 aliphatic carbocycles. The fourth-order valence-corrected chi connectivity index (χ4v) is 1.53. The minimum absolute atomic E-state index is 0. The molecule has 0 aromatic carbocycles. The molecule has 0 unspecified atom stereocenters. The summed E-state index contributed by atoms with van der Waals surface area (Å²) in [6.07, 6.45) is 2.10. The molecule has 0 atom stereocenters. The van der Waals surface area contributed by atoms with Gasteiger partial charge in [0.25, 0.3) is 0 Å². The van der Waals surface area contributed by atoms with E-state index in [9.17, 15) is 17.7 Å². The SMILES string of the molecule is CCOC(=O)c1cc2cc([B-](F)(F)F)cn2cn1.[K+]. The molecule has 0 bridgehead atoms. The molecule has 4 nitrogen and oxygen atoms in total. The van der Waals surface area contributed by atoms with Gasteiger partial charge in [0.1, 0.15) is 0 Å². The molecule has 0 spiro atoms. The molecule has 2 rings (SSSR count). The number of fused-ring (bicyclic) bond motifs is 1. The number of ether oxygens (including phenoxy) is 1. The van der Waals surface area contributed by atoms with E-state index in [4.69, 9.17) is 4.74 Å². The first kappa shape index (κ1) is 16.7. The van der Waals surface area contributed by atoms with Crippen LogP contribution in [0, 0.1) is 0 Å². The van der Waals surface area contributed by atoms with Crippen LogP contribution in [-0.2, 0) is 4.74 Å². The van der Waals surface area contributed by atoms with Crippen molar-refractivity contribution in [3.05, 3.63) is 30.4 Å². The zero-order chi connectivity index (χ0) is 13.3. The Hall–Kier alpha value is -0.349. The standard InChI is InChI=1S/C10H9BF3N2O2.K/c1-2-18-10(17)9-4-8-3-7(11(12,13)14)5-16(8)6-15-9;/h3-6H,2H2,1H3;/q-1;+1. The molecule has 0 fully saturated rings. The maximum absolute atomic E-state index is 12.5. The van der Waals surface area contributed by atoms with E-state index in [0.717, 1.165) is 18.6 Å². The Balaban J connectivity index is 0.00000180. The Kier molecular flexibility index (Phi) is 5.63. The number of aromatic nitrogens is 2. The number of nitrogens with zero attached hydrogens (tertiary/aromatic N) is 2. The quantitative estimate of drug-likeness (QED) is 0.515. The van der Waals surface area contributed by atoms with Crippen LogP contribution in [0.2, 0.25) is 0 Å². The summed E-state index contributed by atoms with van der Waals surface area (Å²) in [4.78, 5) is 15.1. The number of hydrogen-bond donors (Lipinski definition) is 0. The molecule has 0 aliphatic heterocycles. The third kappa shape index (κ3) is 3.82. The van der Waals surface area contributed by atoms with Crippen molar-refractivity contribution >= 4 is 23.9 Å². The van der Waals surface area contributed by atoms with E-state index in [0.29, 0.717) is 0 Å². The van der Waals surface area contributed by atoms with Crippen LogP contribution in [0.4, 0.5) is 12.9 Å². The number of esters is 1. The second kappa shape index (κ2) is 6.40. The molecule has 2 aromatic heterocycles. The van der Waals surface area contributed by atoms with Crippen LogP contribution < -0.4 is 56.8 Å². The number of carbonyl (C=O) groups is 1. The second-order valence-electron chi connectivity index (χ2n) is 3.67. The molecule has 96 valence electrons. The van der Waals surface area contributed by atoms with Gasteiger partial charge in [0, 0.05) is 5.52 Å². The second-order valence-corrected chi connectivity index (χ2v) is 3.67. The summed E-state index contributed by atoms with van der Waals surface area (Å²) in [5.74, 6) is -0.653. The van der Waals surface area contributed by atoms with Gasteiger partial charge in [-0.1, -0.05) is 11.5 Å². The molecular weight excluding hydrogens is 287 g/mol. The Morgan fingerprint density at radius 3 is 2.68 bits per heavy atom. The van der Waals surface area contributed by atoms with E-state index >= 15 is 0 Å². The van der Waals surface area contributed by atoms with E-state index in [-0.39, 0.29) is 69.2 Å². The molecule has 0 saturated carbocycles. The summed E-state index contributed by atoms with van der Waals surface area (Å²) in [7, 11) is 0. The van der Waals surface area contributed by atoms with Crippen molar-refractivity contribution in [3.8, 4) is 0 Å². The van der Waals surface area contributed by atoms with Gasteiger partial charge in [0.05, 0.1) is 12.9 Å². The number of halogens is 3. The van der Waals surface area contributed by atoms with Crippen LogP contribution in [0.25, 0.3) is 5.52 Å². The minimum atomic E-state index is -5.06. The summed E-state index contributed by atoms with van der Waals surface area (Å²) in [5, 5.41) is 0. The van der Waals surface area contributed by atoms with Gasteiger partial charge in [-0.15, -0.1) is 0 Å². The smallest absolute Gasteiger partial charge is 0.461 e. The van der Waals surface area contributed by atoms with Crippen molar-refractivity contribution in [3.63, 3.8) is 0 Å². The van der Waals surface area contributed by atoms with E-state index in [1.54, 1.807) is 6.92 Å². The average Bonchev–Trinajstić information content (AvgIpc) is 2.71. The molecular formula is C10H9BF3KN2O2. The fourth-order valence-electron chi connectivity index (χ4n) is 1.53. The van der Waals surface area contributed by atoms with Crippen LogP contribution in [0.5, 0.6) is 0 Å². The van der Waals surface area contributed by atoms with Crippen molar-refractivity contribution in [1.82, 2.24) is 9.38 Å². The summed E-state index contributed by atoms with van der Waals surface area (Å²) < 4.78 is 43.6. The van der Waals surface area contributed by atoms with Gasteiger partial charge in [0.2, 0.25) is 0 Å². The molecule has 19 heavy (non-hydrogen) atoms. The zero-order valence-corrected chi connectivity index (χ0v) is 13.6. The van der Waals surface area contributed by atoms with Crippen LogP contribution in [0.3, 0.4) is 0 Å². The fraction of sp³-hybridized carbons (Fsp3) is 0.200. The summed E-state index contributed by atoms with van der Waals surface area (Å²) in [5.41, 5.74) is -0.483. The summed E-state index contributed by atoms with van der Waals surface area (Å²) in [6.45, 7) is -3.24. The van der Waals surface area contributed by atoms with E-state index < -0.39 is 18.4 Å². The Morgan fingerprint density at radius 2 is 2.11 bits per heavy atom. The molecule has 0 amide bonds. The third-order valence-electron chi connectivity index (χ3n) is 2.37. The van der Waals surface area contributed by atoms with E-state index in [1.165, 1.54) is 10.5 Å². The third-order valence-corrected chi connectivity index (χ3v) is 2.37. The molecule has 9 heteroatoms. The van der Waals surface area contributed by atoms with Crippen molar-refractivity contribution in [2.24, 2.45) is 0 Å².